The van der Waals surface area contributed by atoms with Crippen LogP contribution in [0.2, 0.25) is 0 Å². The minimum atomic E-state index is -0.647. The van der Waals surface area contributed by atoms with Crippen molar-refractivity contribution in [2.45, 2.75) is 25.6 Å². The quantitative estimate of drug-likeness (QED) is 0.350. The smallest absolute Gasteiger partial charge is 0.339 e. The maximum absolute atomic E-state index is 12.6. The average molecular weight is 499 g/mol. The number of thioether (sulfide) groups is 1. The summed E-state index contributed by atoms with van der Waals surface area (Å²) in [6.45, 7) is 4.22. The van der Waals surface area contributed by atoms with E-state index in [-0.39, 0.29) is 29.2 Å². The van der Waals surface area contributed by atoms with Gasteiger partial charge in [0.25, 0.3) is 0 Å². The number of amides is 1. The Bertz CT molecular complexity index is 1260. The van der Waals surface area contributed by atoms with E-state index >= 15 is 0 Å². The number of aryl methyl sites for hydroxylation is 2. The Morgan fingerprint density at radius 3 is 2.43 bits per heavy atom. The van der Waals surface area contributed by atoms with Gasteiger partial charge in [-0.1, -0.05) is 29.5 Å². The van der Waals surface area contributed by atoms with Crippen molar-refractivity contribution in [3.63, 3.8) is 0 Å². The van der Waals surface area contributed by atoms with Crippen LogP contribution in [0.4, 0.5) is 5.69 Å². The van der Waals surface area contributed by atoms with Crippen LogP contribution < -0.4 is 10.1 Å². The molecule has 0 atom stereocenters. The van der Waals surface area contributed by atoms with Crippen LogP contribution in [0.15, 0.2) is 41.6 Å². The normalized spacial score (nSPS) is 10.5. The first-order chi connectivity index (χ1) is 16.7. The molecule has 0 aliphatic carbocycles. The molecule has 0 saturated carbocycles. The molecule has 0 aliphatic rings. The Balaban J connectivity index is 1.64. The number of nitrogens with zero attached hydrogens (tertiary/aromatic N) is 3. The highest BCUT2D eigenvalue weighted by atomic mass is 32.2. The van der Waals surface area contributed by atoms with Crippen molar-refractivity contribution in [2.75, 3.05) is 25.3 Å². The molecular weight excluding hydrogens is 472 g/mol. The summed E-state index contributed by atoms with van der Waals surface area (Å²) in [6.07, 6.45) is 0. The summed E-state index contributed by atoms with van der Waals surface area (Å²) in [7, 11) is 4.26. The summed E-state index contributed by atoms with van der Waals surface area (Å²) in [6, 6.07) is 10.1. The van der Waals surface area contributed by atoms with Gasteiger partial charge in [0, 0.05) is 7.05 Å². The SMILES string of the molecule is COC(=O)c1ccc(C(=O)OC)c(NC(=O)CSc2nnc(COc3ccc(C)cc3C)n2C)c1. The van der Waals surface area contributed by atoms with E-state index in [0.29, 0.717) is 11.0 Å². The van der Waals surface area contributed by atoms with Gasteiger partial charge in [0.05, 0.1) is 36.8 Å². The lowest BCUT2D eigenvalue weighted by Gasteiger charge is -2.11. The average Bonchev–Trinajstić information content (AvgIpc) is 3.20. The maximum atomic E-state index is 12.6. The number of anilines is 1. The van der Waals surface area contributed by atoms with Crippen LogP contribution in [0.5, 0.6) is 5.75 Å². The van der Waals surface area contributed by atoms with Crippen molar-refractivity contribution in [2.24, 2.45) is 7.05 Å². The van der Waals surface area contributed by atoms with Crippen molar-refractivity contribution < 1.29 is 28.6 Å². The predicted octanol–water partition coefficient (Wildman–Crippen LogP) is 3.31. The number of carbonyl (C=O) groups is 3. The van der Waals surface area contributed by atoms with E-state index in [9.17, 15) is 14.4 Å². The van der Waals surface area contributed by atoms with Gasteiger partial charge in [-0.05, 0) is 43.7 Å². The number of aromatic nitrogens is 3. The fourth-order valence-corrected chi connectivity index (χ4v) is 3.93. The molecule has 0 radical (unpaired) electrons. The first-order valence-electron chi connectivity index (χ1n) is 10.5. The first-order valence-corrected chi connectivity index (χ1v) is 11.5. The molecule has 0 aliphatic heterocycles. The molecule has 0 saturated heterocycles. The van der Waals surface area contributed by atoms with Gasteiger partial charge in [-0.15, -0.1) is 10.2 Å². The molecule has 3 rings (SSSR count). The van der Waals surface area contributed by atoms with Crippen LogP contribution in [-0.4, -0.2) is 52.6 Å². The van der Waals surface area contributed by atoms with Crippen molar-refractivity contribution in [3.05, 3.63) is 64.5 Å². The largest absolute Gasteiger partial charge is 0.485 e. The van der Waals surface area contributed by atoms with Gasteiger partial charge in [-0.2, -0.15) is 0 Å². The molecule has 0 spiro atoms. The van der Waals surface area contributed by atoms with Gasteiger partial charge in [0.15, 0.2) is 11.0 Å². The molecule has 2 aromatic carbocycles. The third kappa shape index (κ3) is 6.38. The van der Waals surface area contributed by atoms with Crippen molar-refractivity contribution in [1.29, 1.82) is 0 Å². The van der Waals surface area contributed by atoms with Gasteiger partial charge in [0.1, 0.15) is 12.4 Å². The van der Waals surface area contributed by atoms with E-state index in [4.69, 9.17) is 14.2 Å². The van der Waals surface area contributed by atoms with Gasteiger partial charge in [-0.25, -0.2) is 9.59 Å². The van der Waals surface area contributed by atoms with Crippen LogP contribution in [0.3, 0.4) is 0 Å². The van der Waals surface area contributed by atoms with Crippen molar-refractivity contribution in [1.82, 2.24) is 14.8 Å². The molecule has 184 valence electrons. The third-order valence-electron chi connectivity index (χ3n) is 5.06. The lowest BCUT2D eigenvalue weighted by Crippen LogP contribution is -2.18. The Labute approximate surface area is 207 Å². The summed E-state index contributed by atoms with van der Waals surface area (Å²) in [5.74, 6) is -0.285. The topological polar surface area (TPSA) is 122 Å². The zero-order valence-electron chi connectivity index (χ0n) is 20.1. The summed E-state index contributed by atoms with van der Waals surface area (Å²) in [4.78, 5) is 36.5. The Morgan fingerprint density at radius 2 is 1.74 bits per heavy atom. The van der Waals surface area contributed by atoms with Crippen LogP contribution in [0.1, 0.15) is 37.7 Å². The molecule has 0 bridgehead atoms. The molecular formula is C24H26N4O6S. The summed E-state index contributed by atoms with van der Waals surface area (Å²) >= 11 is 1.17. The third-order valence-corrected chi connectivity index (χ3v) is 6.08. The number of rotatable bonds is 9. The number of methoxy groups -OCH3 is 2. The predicted molar refractivity (Wildman–Crippen MR) is 130 cm³/mol. The monoisotopic (exact) mass is 498 g/mol. The number of nitrogens with one attached hydrogen (secondary N) is 1. The molecule has 35 heavy (non-hydrogen) atoms. The summed E-state index contributed by atoms with van der Waals surface area (Å²) < 4.78 is 17.1. The van der Waals surface area contributed by atoms with E-state index in [1.165, 1.54) is 44.2 Å². The van der Waals surface area contributed by atoms with Crippen LogP contribution in [0.25, 0.3) is 0 Å². The molecule has 1 amide bonds. The minimum absolute atomic E-state index is 0.00698. The first kappa shape index (κ1) is 25.8. The summed E-state index contributed by atoms with van der Waals surface area (Å²) in [5, 5.41) is 11.5. The number of carbonyl (C=O) groups excluding carboxylic acids is 3. The van der Waals surface area contributed by atoms with E-state index in [0.717, 1.165) is 16.9 Å². The van der Waals surface area contributed by atoms with Gasteiger partial charge >= 0.3 is 11.9 Å². The zero-order chi connectivity index (χ0) is 25.5. The Morgan fingerprint density at radius 1 is 1.00 bits per heavy atom. The highest BCUT2D eigenvalue weighted by Crippen LogP contribution is 2.23. The number of esters is 2. The van der Waals surface area contributed by atoms with Gasteiger partial charge in [0.2, 0.25) is 5.91 Å². The second-order valence-corrected chi connectivity index (χ2v) is 8.54. The molecule has 11 heteroatoms. The second kappa shape index (κ2) is 11.5. The molecule has 1 heterocycles. The molecule has 1 aromatic heterocycles. The standard InChI is InChI=1S/C24H26N4O6S/c1-14-6-9-19(15(2)10-14)34-12-20-26-27-24(28(20)3)35-13-21(29)25-18-11-16(22(30)32-4)7-8-17(18)23(31)33-5/h6-11H,12-13H2,1-5H3,(H,25,29). The molecule has 0 unspecified atom stereocenters. The minimum Gasteiger partial charge on any atom is -0.485 e. The van der Waals surface area contributed by atoms with Crippen LogP contribution in [-0.2, 0) is 27.9 Å². The highest BCUT2D eigenvalue weighted by Gasteiger charge is 2.18. The maximum Gasteiger partial charge on any atom is 0.339 e. The van der Waals surface area contributed by atoms with E-state index in [1.54, 1.807) is 11.6 Å². The number of ether oxygens (including phenoxy) is 3. The van der Waals surface area contributed by atoms with E-state index < -0.39 is 17.8 Å². The van der Waals surface area contributed by atoms with Crippen LogP contribution >= 0.6 is 11.8 Å². The lowest BCUT2D eigenvalue weighted by atomic mass is 10.1. The van der Waals surface area contributed by atoms with Crippen molar-refractivity contribution in [3.8, 4) is 5.75 Å². The van der Waals surface area contributed by atoms with Gasteiger partial charge in [-0.3, -0.25) is 4.79 Å². The molecule has 3 aromatic rings. The lowest BCUT2D eigenvalue weighted by molar-refractivity contribution is -0.113. The van der Waals surface area contributed by atoms with Crippen LogP contribution in [0, 0.1) is 13.8 Å². The Kier molecular flexibility index (Phi) is 8.48. The number of hydrogen-bond donors (Lipinski definition) is 1. The number of benzene rings is 2. The molecule has 1 N–H and O–H groups in total. The second-order valence-electron chi connectivity index (χ2n) is 7.60. The fraction of sp³-hybridized carbons (Fsp3) is 0.292. The Hall–Kier alpha value is -3.86. The van der Waals surface area contributed by atoms with E-state index in [1.807, 2.05) is 32.0 Å². The highest BCUT2D eigenvalue weighted by molar-refractivity contribution is 7.99. The molecule has 10 nitrogen and oxygen atoms in total. The van der Waals surface area contributed by atoms with Gasteiger partial charge < -0.3 is 24.1 Å². The molecule has 0 fully saturated rings. The zero-order valence-corrected chi connectivity index (χ0v) is 20.9. The fourth-order valence-electron chi connectivity index (χ4n) is 3.20. The van der Waals surface area contributed by atoms with Crippen molar-refractivity contribution >= 4 is 35.3 Å². The summed E-state index contributed by atoms with van der Waals surface area (Å²) in [5.41, 5.74) is 2.63. The van der Waals surface area contributed by atoms with E-state index in [2.05, 4.69) is 15.5 Å². The number of hydrogen-bond acceptors (Lipinski definition) is 9.